The van der Waals surface area contributed by atoms with Crippen LogP contribution in [-0.4, -0.2) is 111 Å². The van der Waals surface area contributed by atoms with Crippen molar-refractivity contribution in [3.05, 3.63) is 30.3 Å². The number of anilines is 1. The number of ether oxygens (including phenoxy) is 1. The number of hydrogen-bond acceptors (Lipinski definition) is 5. The zero-order valence-electron chi connectivity index (χ0n) is 18.7. The van der Waals surface area contributed by atoms with Crippen LogP contribution in [0.4, 0.5) is 5.69 Å². The molecule has 4 rings (SSSR count). The number of nitrogens with one attached hydrogen (secondary N) is 1. The molecule has 1 amide bonds. The smallest absolute Gasteiger partial charge is 0.244 e. The quantitative estimate of drug-likeness (QED) is 0.551. The van der Waals surface area contributed by atoms with Gasteiger partial charge in [-0.2, -0.15) is 0 Å². The van der Waals surface area contributed by atoms with Gasteiger partial charge in [-0.15, -0.1) is 0 Å². The van der Waals surface area contributed by atoms with Crippen molar-refractivity contribution in [3.63, 3.8) is 0 Å². The predicted molar refractivity (Wildman–Crippen MR) is 124 cm³/mol. The molecule has 1 aromatic carbocycles. The minimum atomic E-state index is 0.118. The highest BCUT2D eigenvalue weighted by Gasteiger charge is 2.30. The Morgan fingerprint density at radius 1 is 1.03 bits per heavy atom. The maximum atomic E-state index is 12.8. The van der Waals surface area contributed by atoms with Crippen LogP contribution in [0.1, 0.15) is 13.3 Å². The van der Waals surface area contributed by atoms with Crippen LogP contribution in [0.2, 0.25) is 0 Å². The number of morpholine rings is 1. The number of likely N-dealkylation sites (tertiary alicyclic amines) is 1. The molecule has 3 heterocycles. The summed E-state index contributed by atoms with van der Waals surface area (Å²) in [7, 11) is 0. The Balaban J connectivity index is 1.28. The lowest BCUT2D eigenvalue weighted by molar-refractivity contribution is -0.129. The zero-order chi connectivity index (χ0) is 21.5. The van der Waals surface area contributed by atoms with Gasteiger partial charge in [0.2, 0.25) is 5.91 Å². The van der Waals surface area contributed by atoms with Gasteiger partial charge in [-0.05, 0) is 25.5 Å². The number of rotatable bonds is 5. The van der Waals surface area contributed by atoms with Crippen molar-refractivity contribution in [2.45, 2.75) is 19.4 Å². The van der Waals surface area contributed by atoms with Crippen molar-refractivity contribution in [2.24, 2.45) is 4.99 Å². The van der Waals surface area contributed by atoms with E-state index in [1.54, 1.807) is 0 Å². The van der Waals surface area contributed by atoms with Gasteiger partial charge in [0.25, 0.3) is 0 Å². The average molecular weight is 429 g/mol. The molecule has 1 aromatic rings. The normalized spacial score (nSPS) is 23.3. The molecular formula is C23H36N6O2. The summed E-state index contributed by atoms with van der Waals surface area (Å²) in [6.45, 7) is 12.0. The van der Waals surface area contributed by atoms with Crippen LogP contribution in [0, 0.1) is 0 Å². The first-order valence-electron chi connectivity index (χ1n) is 11.7. The molecule has 0 bridgehead atoms. The van der Waals surface area contributed by atoms with Gasteiger partial charge < -0.3 is 24.8 Å². The summed E-state index contributed by atoms with van der Waals surface area (Å²) in [5, 5.41) is 3.39. The van der Waals surface area contributed by atoms with Gasteiger partial charge in [0, 0.05) is 70.6 Å². The number of aliphatic imine (C=N–C) groups is 1. The molecule has 0 saturated carbocycles. The van der Waals surface area contributed by atoms with Crippen LogP contribution in [-0.2, 0) is 9.53 Å². The molecule has 3 aliphatic rings. The van der Waals surface area contributed by atoms with E-state index in [4.69, 9.17) is 9.73 Å². The summed E-state index contributed by atoms with van der Waals surface area (Å²) in [5.41, 5.74) is 1.23. The molecule has 3 saturated heterocycles. The highest BCUT2D eigenvalue weighted by atomic mass is 16.5. The summed E-state index contributed by atoms with van der Waals surface area (Å²) in [5.74, 6) is 0.988. The van der Waals surface area contributed by atoms with Gasteiger partial charge in [0.05, 0.1) is 13.2 Å². The Morgan fingerprint density at radius 3 is 2.48 bits per heavy atom. The lowest BCUT2D eigenvalue weighted by Gasteiger charge is -2.36. The molecule has 8 heteroatoms. The topological polar surface area (TPSA) is 63.7 Å². The number of guanidine groups is 1. The van der Waals surface area contributed by atoms with E-state index in [-0.39, 0.29) is 12.5 Å². The monoisotopic (exact) mass is 428 g/mol. The Bertz CT molecular complexity index is 729. The minimum absolute atomic E-state index is 0.118. The maximum absolute atomic E-state index is 12.8. The largest absolute Gasteiger partial charge is 0.379 e. The third kappa shape index (κ3) is 5.68. The molecule has 31 heavy (non-hydrogen) atoms. The van der Waals surface area contributed by atoms with Crippen LogP contribution < -0.4 is 10.2 Å². The van der Waals surface area contributed by atoms with E-state index in [0.29, 0.717) is 6.04 Å². The standard InChI is InChI=1S/C23H36N6O2/c1-2-24-23(29-9-8-21(19-29)27-14-16-31-17-15-27)25-18-22(30)28-12-10-26(11-13-28)20-6-4-3-5-7-20/h3-7,21H,2,8-19H2,1H3,(H,24,25). The fraction of sp³-hybridized carbons (Fsp3) is 0.652. The number of para-hydroxylation sites is 1. The second-order valence-corrected chi connectivity index (χ2v) is 8.41. The lowest BCUT2D eigenvalue weighted by atomic mass is 10.2. The minimum Gasteiger partial charge on any atom is -0.379 e. The van der Waals surface area contributed by atoms with Crippen LogP contribution in [0.5, 0.6) is 0 Å². The van der Waals surface area contributed by atoms with Crippen molar-refractivity contribution in [1.29, 1.82) is 0 Å². The average Bonchev–Trinajstić information content (AvgIpc) is 3.33. The van der Waals surface area contributed by atoms with Crippen LogP contribution in [0.3, 0.4) is 0 Å². The van der Waals surface area contributed by atoms with Gasteiger partial charge in [0.1, 0.15) is 6.54 Å². The number of carbonyl (C=O) groups is 1. The van der Waals surface area contributed by atoms with Crippen molar-refractivity contribution < 1.29 is 9.53 Å². The Morgan fingerprint density at radius 2 is 1.77 bits per heavy atom. The van der Waals surface area contributed by atoms with E-state index in [9.17, 15) is 4.79 Å². The van der Waals surface area contributed by atoms with E-state index in [1.165, 1.54) is 5.69 Å². The molecule has 0 spiro atoms. The molecule has 1 N–H and O–H groups in total. The summed E-state index contributed by atoms with van der Waals surface area (Å²) < 4.78 is 5.49. The highest BCUT2D eigenvalue weighted by molar-refractivity contribution is 5.85. The second kappa shape index (κ2) is 10.8. The zero-order valence-corrected chi connectivity index (χ0v) is 18.7. The second-order valence-electron chi connectivity index (χ2n) is 8.41. The lowest BCUT2D eigenvalue weighted by Crippen LogP contribution is -2.50. The van der Waals surface area contributed by atoms with Crippen molar-refractivity contribution >= 4 is 17.6 Å². The third-order valence-electron chi connectivity index (χ3n) is 6.48. The summed E-state index contributed by atoms with van der Waals surface area (Å²) >= 11 is 0. The summed E-state index contributed by atoms with van der Waals surface area (Å²) in [6, 6.07) is 11.0. The molecule has 0 aromatic heterocycles. The number of carbonyl (C=O) groups excluding carboxylic acids is 1. The molecule has 1 unspecified atom stereocenters. The fourth-order valence-corrected chi connectivity index (χ4v) is 4.70. The Labute approximate surface area is 185 Å². The molecule has 170 valence electrons. The number of amides is 1. The van der Waals surface area contributed by atoms with E-state index >= 15 is 0 Å². The molecule has 3 aliphatic heterocycles. The summed E-state index contributed by atoms with van der Waals surface area (Å²) in [6.07, 6.45) is 1.14. The molecule has 3 fully saturated rings. The van der Waals surface area contributed by atoms with Crippen LogP contribution >= 0.6 is 0 Å². The Kier molecular flexibility index (Phi) is 7.64. The molecule has 1 atom stereocenters. The van der Waals surface area contributed by atoms with Gasteiger partial charge >= 0.3 is 0 Å². The third-order valence-corrected chi connectivity index (χ3v) is 6.48. The molecule has 0 aliphatic carbocycles. The van der Waals surface area contributed by atoms with Crippen molar-refractivity contribution in [2.75, 3.05) is 83.6 Å². The Hall–Kier alpha value is -2.32. The SMILES string of the molecule is CCNC(=NCC(=O)N1CCN(c2ccccc2)CC1)N1CCC(N2CCOCC2)C1. The first-order chi connectivity index (χ1) is 15.2. The van der Waals surface area contributed by atoms with Gasteiger partial charge in [-0.25, -0.2) is 4.99 Å². The van der Waals surface area contributed by atoms with Gasteiger partial charge in [-0.1, -0.05) is 18.2 Å². The summed E-state index contributed by atoms with van der Waals surface area (Å²) in [4.78, 5) is 26.7. The van der Waals surface area contributed by atoms with E-state index < -0.39 is 0 Å². The highest BCUT2D eigenvalue weighted by Crippen LogP contribution is 2.18. The maximum Gasteiger partial charge on any atom is 0.244 e. The molecular weight excluding hydrogens is 392 g/mol. The van der Waals surface area contributed by atoms with Gasteiger partial charge in [-0.3, -0.25) is 9.69 Å². The van der Waals surface area contributed by atoms with E-state index in [2.05, 4.69) is 51.2 Å². The predicted octanol–water partition coefficient (Wildman–Crippen LogP) is 0.707. The number of nitrogens with zero attached hydrogens (tertiary/aromatic N) is 5. The number of piperazine rings is 1. The van der Waals surface area contributed by atoms with E-state index in [1.807, 2.05) is 11.0 Å². The van der Waals surface area contributed by atoms with Gasteiger partial charge in [0.15, 0.2) is 5.96 Å². The van der Waals surface area contributed by atoms with E-state index in [0.717, 1.165) is 84.5 Å². The van der Waals surface area contributed by atoms with Crippen molar-refractivity contribution in [1.82, 2.24) is 20.0 Å². The van der Waals surface area contributed by atoms with Crippen LogP contribution in [0.15, 0.2) is 35.3 Å². The molecule has 8 nitrogen and oxygen atoms in total. The van der Waals surface area contributed by atoms with Crippen molar-refractivity contribution in [3.8, 4) is 0 Å². The number of hydrogen-bond donors (Lipinski definition) is 1. The number of benzene rings is 1. The first kappa shape index (κ1) is 21.9. The molecule has 0 radical (unpaired) electrons. The van der Waals surface area contributed by atoms with Crippen LogP contribution in [0.25, 0.3) is 0 Å². The first-order valence-corrected chi connectivity index (χ1v) is 11.7. The fourth-order valence-electron chi connectivity index (χ4n) is 4.70.